The Morgan fingerprint density at radius 1 is 0.600 bits per heavy atom. The predicted octanol–water partition coefficient (Wildman–Crippen LogP) is 12.9. The van der Waals surface area contributed by atoms with Crippen LogP contribution in [0, 0.1) is 13.8 Å². The van der Waals surface area contributed by atoms with Crippen LogP contribution < -0.4 is 0 Å². The topological polar surface area (TPSA) is 139 Å². The minimum atomic E-state index is -0.344. The van der Waals surface area contributed by atoms with E-state index in [4.69, 9.17) is 19.5 Å². The summed E-state index contributed by atoms with van der Waals surface area (Å²) < 4.78 is 15.5. The summed E-state index contributed by atoms with van der Waals surface area (Å²) in [5.74, 6) is 2.16. The number of hydrogen-bond acceptors (Lipinski definition) is 15. The van der Waals surface area contributed by atoms with Crippen molar-refractivity contribution in [2.24, 2.45) is 9.98 Å². The van der Waals surface area contributed by atoms with Crippen molar-refractivity contribution in [1.29, 1.82) is 0 Å². The minimum absolute atomic E-state index is 0.0366. The largest absolute Gasteiger partial charge is 0.508 e. The number of phenols is 2. The Kier molecular flexibility index (Phi) is 13.3. The highest BCUT2D eigenvalue weighted by Crippen LogP contribution is 2.38. The molecular formula is C50H47N5O5S5. The van der Waals surface area contributed by atoms with Crippen molar-refractivity contribution in [2.75, 3.05) is 11.5 Å². The van der Waals surface area contributed by atoms with Crippen LogP contribution in [0.4, 0.5) is 0 Å². The lowest BCUT2D eigenvalue weighted by molar-refractivity contribution is -0.187. The third-order valence-electron chi connectivity index (χ3n) is 10.6. The molecule has 0 saturated carbocycles. The highest BCUT2D eigenvalue weighted by atomic mass is 32.2. The predicted molar refractivity (Wildman–Crippen MR) is 277 cm³/mol. The molecule has 15 heteroatoms. The van der Waals surface area contributed by atoms with E-state index in [0.717, 1.165) is 78.4 Å². The highest BCUT2D eigenvalue weighted by molar-refractivity contribution is 8.15. The van der Waals surface area contributed by atoms with Gasteiger partial charge in [0.05, 0.1) is 47.9 Å². The van der Waals surface area contributed by atoms with Gasteiger partial charge in [-0.3, -0.25) is 14.8 Å². The number of aromatic nitrogens is 3. The summed E-state index contributed by atoms with van der Waals surface area (Å²) in [6.45, 7) is 13.8. The SMILES string of the molecule is CC(=O)C1CSC(c2nc3ccc4cc(O)ccc4c3s2)=N1.CC(C)OC(OC(C)C)C1CSC(c2nc3ccc4cc(O)ccc4c3s2)=N1.Cc1ccc2c(ccc3nc(C)sc32)c1. The number of Topliss-reactive ketones (excluding diaryl/α,β-unsaturated/α-hetero) is 1. The molecule has 332 valence electrons. The van der Waals surface area contributed by atoms with Gasteiger partial charge in [0.25, 0.3) is 0 Å². The maximum Gasteiger partial charge on any atom is 0.181 e. The van der Waals surface area contributed by atoms with Crippen molar-refractivity contribution >= 4 is 136 Å². The number of ether oxygens (including phenoxy) is 2. The first-order valence-electron chi connectivity index (χ1n) is 21.3. The second-order valence-electron chi connectivity index (χ2n) is 16.5. The Hall–Kier alpha value is -5.00. The van der Waals surface area contributed by atoms with E-state index in [1.807, 2.05) is 64.1 Å². The first kappa shape index (κ1) is 45.2. The fraction of sp³-hybridized carbons (Fsp3) is 0.280. The molecular weight excluding hydrogens is 911 g/mol. The van der Waals surface area contributed by atoms with Crippen molar-refractivity contribution in [2.45, 2.75) is 79.0 Å². The monoisotopic (exact) mass is 957 g/mol. The van der Waals surface area contributed by atoms with E-state index in [9.17, 15) is 15.0 Å². The Bertz CT molecular complexity index is 3310. The molecule has 0 amide bonds. The van der Waals surface area contributed by atoms with Gasteiger partial charge in [-0.1, -0.05) is 42.0 Å². The standard InChI is InChI=1S/C21H24N2O3S2.C16H12N2O2S2.C13H11NS/c1-11(2)25-21(26-12(3)4)17-10-27-19(23-17)20-22-16-8-5-13-9-14(24)6-7-15(13)18(16)28-20;1-8(19)13-7-21-15(18-13)16-17-12-5-2-9-6-10(20)3-4-11(9)14(12)22-16;1-8-3-5-11-10(7-8)4-6-12-13(11)15-9(2)14-12/h5-9,11-12,17,21,24H,10H2,1-4H3;2-6,13,20H,7H2,1H3;3-7H,1-2H3. The maximum absolute atomic E-state index is 11.4. The number of carbonyl (C=O) groups is 1. The fourth-order valence-corrected chi connectivity index (χ4v) is 13.1. The van der Waals surface area contributed by atoms with E-state index in [1.165, 1.54) is 21.0 Å². The summed E-state index contributed by atoms with van der Waals surface area (Å²) in [5, 5.41) is 30.9. The van der Waals surface area contributed by atoms with Crippen molar-refractivity contribution in [3.63, 3.8) is 0 Å². The Balaban J connectivity index is 0.000000128. The molecule has 2 aliphatic heterocycles. The van der Waals surface area contributed by atoms with Crippen LogP contribution >= 0.6 is 57.5 Å². The van der Waals surface area contributed by atoms with Gasteiger partial charge < -0.3 is 19.7 Å². The Labute approximate surface area is 396 Å². The molecule has 3 aromatic heterocycles. The van der Waals surface area contributed by atoms with Crippen molar-refractivity contribution in [3.8, 4) is 11.5 Å². The quantitative estimate of drug-likeness (QED) is 0.142. The fourth-order valence-electron chi connectivity index (χ4n) is 7.63. The molecule has 2 N–H and O–H groups in total. The number of phenolic OH excluding ortho intramolecular Hbond substituents is 2. The molecule has 0 aliphatic carbocycles. The number of fused-ring (bicyclic) bond motifs is 9. The summed E-state index contributed by atoms with van der Waals surface area (Å²) in [4.78, 5) is 34.8. The molecule has 0 spiro atoms. The van der Waals surface area contributed by atoms with E-state index in [0.29, 0.717) is 5.75 Å². The van der Waals surface area contributed by atoms with Gasteiger partial charge in [-0.05, 0) is 119 Å². The molecule has 9 aromatic rings. The molecule has 5 heterocycles. The molecule has 65 heavy (non-hydrogen) atoms. The molecule has 2 aliphatic rings. The van der Waals surface area contributed by atoms with E-state index in [-0.39, 0.29) is 47.9 Å². The van der Waals surface area contributed by atoms with Crippen LogP contribution in [-0.2, 0) is 14.3 Å². The normalized spacial score (nSPS) is 16.3. The number of aromatic hydroxyl groups is 2. The smallest absolute Gasteiger partial charge is 0.181 e. The molecule has 0 radical (unpaired) electrons. The third-order valence-corrected chi connectivity index (χ3v) is 16.3. The number of thioether (sulfide) groups is 2. The molecule has 6 aromatic carbocycles. The second-order valence-corrected chi connectivity index (χ2v) is 21.7. The van der Waals surface area contributed by atoms with E-state index < -0.39 is 0 Å². The number of benzene rings is 6. The lowest BCUT2D eigenvalue weighted by Crippen LogP contribution is -2.35. The zero-order chi connectivity index (χ0) is 45.5. The van der Waals surface area contributed by atoms with E-state index in [1.54, 1.807) is 88.7 Å². The Morgan fingerprint density at radius 3 is 1.60 bits per heavy atom. The van der Waals surface area contributed by atoms with Gasteiger partial charge in [0.2, 0.25) is 0 Å². The van der Waals surface area contributed by atoms with Gasteiger partial charge in [0.15, 0.2) is 12.1 Å². The highest BCUT2D eigenvalue weighted by Gasteiger charge is 2.32. The van der Waals surface area contributed by atoms with Gasteiger partial charge in [0.1, 0.15) is 43.7 Å². The number of ketones is 1. The second kappa shape index (κ2) is 19.1. The number of rotatable bonds is 8. The number of carbonyl (C=O) groups excluding carboxylic acids is 1. The molecule has 2 unspecified atom stereocenters. The van der Waals surface area contributed by atoms with Crippen molar-refractivity contribution < 1.29 is 24.5 Å². The molecule has 0 saturated heterocycles. The van der Waals surface area contributed by atoms with Crippen LogP contribution in [0.5, 0.6) is 11.5 Å². The zero-order valence-electron chi connectivity index (χ0n) is 36.9. The van der Waals surface area contributed by atoms with Gasteiger partial charge in [-0.2, -0.15) is 0 Å². The van der Waals surface area contributed by atoms with Gasteiger partial charge >= 0.3 is 0 Å². The number of thiazole rings is 3. The summed E-state index contributed by atoms with van der Waals surface area (Å²) in [6, 6.07) is 29.3. The van der Waals surface area contributed by atoms with Crippen LogP contribution in [0.2, 0.25) is 0 Å². The molecule has 2 atom stereocenters. The molecule has 0 fully saturated rings. The minimum Gasteiger partial charge on any atom is -0.508 e. The van der Waals surface area contributed by atoms with Crippen LogP contribution in [-0.4, -0.2) is 83.1 Å². The van der Waals surface area contributed by atoms with Crippen LogP contribution in [0.15, 0.2) is 101 Å². The summed E-state index contributed by atoms with van der Waals surface area (Å²) in [7, 11) is 0. The number of hydrogen-bond donors (Lipinski definition) is 2. The maximum atomic E-state index is 11.4. The number of aliphatic imine (C=N–C) groups is 2. The van der Waals surface area contributed by atoms with Crippen molar-refractivity contribution in [3.05, 3.63) is 112 Å². The van der Waals surface area contributed by atoms with E-state index in [2.05, 4.69) is 59.1 Å². The average molecular weight is 958 g/mol. The lowest BCUT2D eigenvalue weighted by Gasteiger charge is -2.25. The van der Waals surface area contributed by atoms with Crippen LogP contribution in [0.25, 0.3) is 63.0 Å². The third kappa shape index (κ3) is 9.92. The number of nitrogens with zero attached hydrogens (tertiary/aromatic N) is 5. The molecule has 0 bridgehead atoms. The summed E-state index contributed by atoms with van der Waals surface area (Å²) in [5.41, 5.74) is 4.31. The first-order valence-corrected chi connectivity index (χ1v) is 25.7. The molecule has 10 nitrogen and oxygen atoms in total. The van der Waals surface area contributed by atoms with Gasteiger partial charge in [-0.15, -0.1) is 57.5 Å². The Morgan fingerprint density at radius 2 is 1.08 bits per heavy atom. The van der Waals surface area contributed by atoms with Crippen LogP contribution in [0.3, 0.4) is 0 Å². The number of aryl methyl sites for hydroxylation is 2. The lowest BCUT2D eigenvalue weighted by atomic mass is 10.1. The molecule has 11 rings (SSSR count). The van der Waals surface area contributed by atoms with Crippen molar-refractivity contribution in [1.82, 2.24) is 15.0 Å². The summed E-state index contributed by atoms with van der Waals surface area (Å²) >= 11 is 8.31. The van der Waals surface area contributed by atoms with E-state index >= 15 is 0 Å². The van der Waals surface area contributed by atoms with Crippen LogP contribution in [0.1, 0.15) is 55.2 Å². The first-order chi connectivity index (χ1) is 31.3. The van der Waals surface area contributed by atoms with Gasteiger partial charge in [0, 0.05) is 27.7 Å². The summed E-state index contributed by atoms with van der Waals surface area (Å²) in [6.07, 6.45) is -0.181. The zero-order valence-corrected chi connectivity index (χ0v) is 40.9. The average Bonchev–Trinajstić information content (AvgIpc) is 4.12. The van der Waals surface area contributed by atoms with Gasteiger partial charge in [-0.25, -0.2) is 15.0 Å².